The molecule has 1 aliphatic rings. The molecule has 0 N–H and O–H groups in total. The number of ether oxygens (including phenoxy) is 2. The molecule has 0 aromatic heterocycles. The van der Waals surface area contributed by atoms with Gasteiger partial charge in [0.15, 0.2) is 0 Å². The molecule has 0 saturated carbocycles. The standard InChI is InChI=1S/C15H20O3/c1-12(8-9-16)14-6-2-3-7-15(14)18-13-5-4-10-17-11-13/h2-3,6-7,9,12-13H,4-5,8,10-11H2,1H3. The summed E-state index contributed by atoms with van der Waals surface area (Å²) < 4.78 is 11.4. The molecule has 0 radical (unpaired) electrons. The van der Waals surface area contributed by atoms with Gasteiger partial charge in [0.2, 0.25) is 0 Å². The highest BCUT2D eigenvalue weighted by atomic mass is 16.5. The SMILES string of the molecule is CC(CC=O)c1ccccc1OC1CCCOC1. The molecule has 1 aromatic rings. The second-order valence-electron chi connectivity index (χ2n) is 4.80. The Morgan fingerprint density at radius 2 is 2.33 bits per heavy atom. The van der Waals surface area contributed by atoms with Gasteiger partial charge in [0, 0.05) is 13.0 Å². The summed E-state index contributed by atoms with van der Waals surface area (Å²) in [7, 11) is 0. The van der Waals surface area contributed by atoms with Crippen LogP contribution in [0.2, 0.25) is 0 Å². The number of carbonyl (C=O) groups excluding carboxylic acids is 1. The fourth-order valence-electron chi connectivity index (χ4n) is 2.25. The Kier molecular flexibility index (Phi) is 4.76. The quantitative estimate of drug-likeness (QED) is 0.752. The van der Waals surface area contributed by atoms with Crippen LogP contribution in [-0.4, -0.2) is 25.6 Å². The Labute approximate surface area is 108 Å². The number of rotatable bonds is 5. The molecular weight excluding hydrogens is 228 g/mol. The molecule has 0 spiro atoms. The van der Waals surface area contributed by atoms with Crippen LogP contribution in [-0.2, 0) is 9.53 Å². The first-order valence-corrected chi connectivity index (χ1v) is 6.58. The highest BCUT2D eigenvalue weighted by Gasteiger charge is 2.18. The first-order chi connectivity index (χ1) is 8.81. The van der Waals surface area contributed by atoms with Gasteiger partial charge in [-0.05, 0) is 30.4 Å². The molecule has 98 valence electrons. The number of para-hydroxylation sites is 1. The van der Waals surface area contributed by atoms with Crippen molar-refractivity contribution in [1.29, 1.82) is 0 Å². The smallest absolute Gasteiger partial charge is 0.123 e. The van der Waals surface area contributed by atoms with E-state index in [1.807, 2.05) is 31.2 Å². The van der Waals surface area contributed by atoms with Gasteiger partial charge >= 0.3 is 0 Å². The monoisotopic (exact) mass is 248 g/mol. The zero-order valence-electron chi connectivity index (χ0n) is 10.8. The maximum atomic E-state index is 10.6. The molecule has 1 saturated heterocycles. The summed E-state index contributed by atoms with van der Waals surface area (Å²) in [5.41, 5.74) is 1.11. The number of aldehydes is 1. The highest BCUT2D eigenvalue weighted by Crippen LogP contribution is 2.29. The molecule has 3 heteroatoms. The van der Waals surface area contributed by atoms with Gasteiger partial charge in [0.05, 0.1) is 6.61 Å². The van der Waals surface area contributed by atoms with Crippen molar-refractivity contribution >= 4 is 6.29 Å². The molecule has 0 amide bonds. The number of hydrogen-bond donors (Lipinski definition) is 0. The van der Waals surface area contributed by atoms with E-state index < -0.39 is 0 Å². The summed E-state index contributed by atoms with van der Waals surface area (Å²) >= 11 is 0. The predicted molar refractivity (Wildman–Crippen MR) is 70.0 cm³/mol. The molecule has 3 nitrogen and oxygen atoms in total. The molecule has 1 aromatic carbocycles. The van der Waals surface area contributed by atoms with Gasteiger partial charge in [-0.1, -0.05) is 25.1 Å². The lowest BCUT2D eigenvalue weighted by Crippen LogP contribution is -2.28. The van der Waals surface area contributed by atoms with Gasteiger partial charge in [-0.15, -0.1) is 0 Å². The number of hydrogen-bond acceptors (Lipinski definition) is 3. The van der Waals surface area contributed by atoms with E-state index >= 15 is 0 Å². The first-order valence-electron chi connectivity index (χ1n) is 6.58. The van der Waals surface area contributed by atoms with Crippen molar-refractivity contribution in [3.63, 3.8) is 0 Å². The third-order valence-corrected chi connectivity index (χ3v) is 3.31. The minimum atomic E-state index is 0.142. The van der Waals surface area contributed by atoms with E-state index in [9.17, 15) is 4.79 Å². The van der Waals surface area contributed by atoms with Crippen LogP contribution in [0.15, 0.2) is 24.3 Å². The maximum Gasteiger partial charge on any atom is 0.123 e. The summed E-state index contributed by atoms with van der Waals surface area (Å²) in [6, 6.07) is 7.97. The normalized spacial score (nSPS) is 21.3. The molecule has 2 atom stereocenters. The second-order valence-corrected chi connectivity index (χ2v) is 4.80. The van der Waals surface area contributed by atoms with Crippen molar-refractivity contribution in [1.82, 2.24) is 0 Å². The average Bonchev–Trinajstić information content (AvgIpc) is 2.41. The van der Waals surface area contributed by atoms with Gasteiger partial charge < -0.3 is 14.3 Å². The molecule has 0 aliphatic carbocycles. The third-order valence-electron chi connectivity index (χ3n) is 3.31. The molecule has 0 bridgehead atoms. The summed E-state index contributed by atoms with van der Waals surface area (Å²) in [6.45, 7) is 3.55. The van der Waals surface area contributed by atoms with E-state index in [2.05, 4.69) is 0 Å². The van der Waals surface area contributed by atoms with Crippen molar-refractivity contribution in [3.8, 4) is 5.75 Å². The first kappa shape index (κ1) is 13.1. The van der Waals surface area contributed by atoms with E-state index in [0.29, 0.717) is 13.0 Å². The number of carbonyl (C=O) groups is 1. The Morgan fingerprint density at radius 3 is 3.06 bits per heavy atom. The minimum absolute atomic E-state index is 0.142. The van der Waals surface area contributed by atoms with Crippen LogP contribution in [0.25, 0.3) is 0 Å². The summed E-state index contributed by atoms with van der Waals surface area (Å²) in [5, 5.41) is 0. The van der Waals surface area contributed by atoms with Crippen molar-refractivity contribution < 1.29 is 14.3 Å². The Morgan fingerprint density at radius 1 is 1.50 bits per heavy atom. The van der Waals surface area contributed by atoms with E-state index in [-0.39, 0.29) is 12.0 Å². The van der Waals surface area contributed by atoms with E-state index in [0.717, 1.165) is 37.0 Å². The predicted octanol–water partition coefficient (Wildman–Crippen LogP) is 2.94. The van der Waals surface area contributed by atoms with Gasteiger partial charge in [-0.3, -0.25) is 0 Å². The largest absolute Gasteiger partial charge is 0.488 e. The van der Waals surface area contributed by atoms with Gasteiger partial charge in [0.25, 0.3) is 0 Å². The van der Waals surface area contributed by atoms with E-state index in [1.165, 1.54) is 0 Å². The Balaban J connectivity index is 2.08. The van der Waals surface area contributed by atoms with E-state index in [4.69, 9.17) is 9.47 Å². The molecule has 1 heterocycles. The lowest BCUT2D eigenvalue weighted by Gasteiger charge is -2.25. The highest BCUT2D eigenvalue weighted by molar-refractivity contribution is 5.52. The van der Waals surface area contributed by atoms with Crippen molar-refractivity contribution in [3.05, 3.63) is 29.8 Å². The van der Waals surface area contributed by atoms with Crippen LogP contribution >= 0.6 is 0 Å². The van der Waals surface area contributed by atoms with Crippen LogP contribution in [0.1, 0.15) is 37.7 Å². The van der Waals surface area contributed by atoms with Crippen molar-refractivity contribution in [2.24, 2.45) is 0 Å². The Bertz CT molecular complexity index is 383. The molecular formula is C15H20O3. The molecule has 2 unspecified atom stereocenters. The van der Waals surface area contributed by atoms with Crippen LogP contribution in [0.5, 0.6) is 5.75 Å². The summed E-state index contributed by atoms with van der Waals surface area (Å²) in [4.78, 5) is 10.6. The van der Waals surface area contributed by atoms with Crippen LogP contribution in [0.4, 0.5) is 0 Å². The third kappa shape index (κ3) is 3.33. The van der Waals surface area contributed by atoms with Crippen LogP contribution in [0, 0.1) is 0 Å². The van der Waals surface area contributed by atoms with Crippen LogP contribution < -0.4 is 4.74 Å². The van der Waals surface area contributed by atoms with Gasteiger partial charge in [-0.25, -0.2) is 0 Å². The van der Waals surface area contributed by atoms with Gasteiger partial charge in [0.1, 0.15) is 18.1 Å². The molecule has 18 heavy (non-hydrogen) atoms. The Hall–Kier alpha value is -1.35. The van der Waals surface area contributed by atoms with Crippen LogP contribution in [0.3, 0.4) is 0 Å². The van der Waals surface area contributed by atoms with E-state index in [1.54, 1.807) is 0 Å². The average molecular weight is 248 g/mol. The fourth-order valence-corrected chi connectivity index (χ4v) is 2.25. The molecule has 2 rings (SSSR count). The minimum Gasteiger partial charge on any atom is -0.488 e. The summed E-state index contributed by atoms with van der Waals surface area (Å²) in [6.07, 6.45) is 3.73. The second kappa shape index (κ2) is 6.55. The maximum absolute atomic E-state index is 10.6. The molecule has 1 fully saturated rings. The van der Waals surface area contributed by atoms with Crippen molar-refractivity contribution in [2.45, 2.75) is 38.2 Å². The van der Waals surface area contributed by atoms with Crippen molar-refractivity contribution in [2.75, 3.05) is 13.2 Å². The zero-order valence-corrected chi connectivity index (χ0v) is 10.8. The lowest BCUT2D eigenvalue weighted by molar-refractivity contribution is -0.108. The topological polar surface area (TPSA) is 35.5 Å². The number of benzene rings is 1. The van der Waals surface area contributed by atoms with Gasteiger partial charge in [-0.2, -0.15) is 0 Å². The summed E-state index contributed by atoms with van der Waals surface area (Å²) in [5.74, 6) is 1.09. The zero-order chi connectivity index (χ0) is 12.8. The lowest BCUT2D eigenvalue weighted by atomic mass is 9.97. The fraction of sp³-hybridized carbons (Fsp3) is 0.533. The molecule has 1 aliphatic heterocycles.